The van der Waals surface area contributed by atoms with Gasteiger partial charge in [0.05, 0.1) is 16.2 Å². The fourth-order valence-electron chi connectivity index (χ4n) is 7.63. The molecule has 1 heterocycles. The number of nitrogens with zero attached hydrogens (tertiary/aromatic N) is 1. The van der Waals surface area contributed by atoms with Gasteiger partial charge in [-0.05, 0) is 95.4 Å². The monoisotopic (exact) mass is 726 g/mol. The summed E-state index contributed by atoms with van der Waals surface area (Å²) < 4.78 is 12.7. The lowest BCUT2D eigenvalue weighted by Gasteiger charge is -2.61. The number of aliphatic hydroxyl groups excluding tert-OH is 2. The molecule has 2 amide bonds. The molecule has 0 saturated heterocycles. The molecule has 3 aromatic rings. The summed E-state index contributed by atoms with van der Waals surface area (Å²) in [6.45, 7) is 4.74. The molecule has 7 rings (SSSR count). The SMILES string of the molecule is CC1(C)C2CCC(CN(C(=O)c3cc4ccccc4oc3=O)C3CC(C(=O)NCCO)=CC(Oc4ccccc4I)C3O)C1C2. The minimum Gasteiger partial charge on any atom is -0.482 e. The average molecular weight is 727 g/mol. The van der Waals surface area contributed by atoms with Crippen molar-refractivity contribution in [1.82, 2.24) is 10.2 Å². The molecule has 3 fully saturated rings. The van der Waals surface area contributed by atoms with Crippen LogP contribution in [0.15, 0.2) is 75.5 Å². The van der Waals surface area contributed by atoms with Crippen molar-refractivity contribution in [3.05, 3.63) is 85.8 Å². The second-order valence-electron chi connectivity index (χ2n) is 13.1. The predicted octanol–water partition coefficient (Wildman–Crippen LogP) is 4.53. The van der Waals surface area contributed by atoms with E-state index >= 15 is 0 Å². The highest BCUT2D eigenvalue weighted by Gasteiger charge is 2.55. The summed E-state index contributed by atoms with van der Waals surface area (Å²) in [7, 11) is 0. The maximum Gasteiger partial charge on any atom is 0.349 e. The molecule has 2 bridgehead atoms. The molecule has 4 aliphatic rings. The first-order chi connectivity index (χ1) is 21.6. The van der Waals surface area contributed by atoms with Gasteiger partial charge in [-0.3, -0.25) is 9.59 Å². The van der Waals surface area contributed by atoms with E-state index in [9.17, 15) is 24.6 Å². The van der Waals surface area contributed by atoms with Crippen molar-refractivity contribution < 1.29 is 29.0 Å². The van der Waals surface area contributed by atoms with Crippen molar-refractivity contribution in [3.8, 4) is 5.75 Å². The van der Waals surface area contributed by atoms with E-state index in [-0.39, 0.29) is 36.5 Å². The van der Waals surface area contributed by atoms with E-state index in [1.165, 1.54) is 0 Å². The Hall–Kier alpha value is -3.22. The van der Waals surface area contributed by atoms with E-state index in [2.05, 4.69) is 41.8 Å². The van der Waals surface area contributed by atoms with Gasteiger partial charge in [-0.2, -0.15) is 0 Å². The molecule has 6 unspecified atom stereocenters. The maximum atomic E-state index is 14.5. The van der Waals surface area contributed by atoms with E-state index in [1.54, 1.807) is 41.3 Å². The highest BCUT2D eigenvalue weighted by molar-refractivity contribution is 14.1. The minimum atomic E-state index is -1.20. The Labute approximate surface area is 275 Å². The molecule has 10 heteroatoms. The maximum absolute atomic E-state index is 14.5. The molecule has 2 aromatic carbocycles. The van der Waals surface area contributed by atoms with Crippen molar-refractivity contribution in [1.29, 1.82) is 0 Å². The van der Waals surface area contributed by atoms with Gasteiger partial charge < -0.3 is 29.6 Å². The third-order valence-electron chi connectivity index (χ3n) is 10.3. The first-order valence-electron chi connectivity index (χ1n) is 15.6. The van der Waals surface area contributed by atoms with Gasteiger partial charge in [-0.15, -0.1) is 0 Å². The average Bonchev–Trinajstić information content (AvgIpc) is 3.03. The van der Waals surface area contributed by atoms with Crippen LogP contribution in [0.5, 0.6) is 5.75 Å². The fraction of sp³-hybridized carbons (Fsp3) is 0.457. The lowest BCUT2D eigenvalue weighted by molar-refractivity contribution is -0.120. The van der Waals surface area contributed by atoms with Gasteiger partial charge in [0.15, 0.2) is 0 Å². The summed E-state index contributed by atoms with van der Waals surface area (Å²) >= 11 is 2.15. The van der Waals surface area contributed by atoms with Crippen molar-refractivity contribution in [2.75, 3.05) is 19.7 Å². The summed E-state index contributed by atoms with van der Waals surface area (Å²) in [6, 6.07) is 15.1. The normalized spacial score (nSPS) is 26.8. The molecule has 45 heavy (non-hydrogen) atoms. The number of carbonyl (C=O) groups is 2. The van der Waals surface area contributed by atoms with Gasteiger partial charge in [0.1, 0.15) is 29.1 Å². The Morgan fingerprint density at radius 1 is 1.13 bits per heavy atom. The largest absolute Gasteiger partial charge is 0.482 e. The van der Waals surface area contributed by atoms with E-state index < -0.39 is 35.7 Å². The molecule has 0 spiro atoms. The number of hydrogen-bond acceptors (Lipinski definition) is 7. The number of benzene rings is 2. The standard InChI is InChI=1S/C35H39IN2O7/c1-35(2)23-12-11-21(25(35)18-23)19-38(33(42)24-15-20-7-3-5-9-28(20)45-34(24)43)27-16-22(32(41)37-13-14-39)17-30(31(27)40)44-29-10-6-4-8-26(29)36/h3-10,15,17,21,23,25,27,30-31,39-40H,11-14,16,18-19H2,1-2H3,(H,37,41). The Morgan fingerprint density at radius 2 is 1.89 bits per heavy atom. The van der Waals surface area contributed by atoms with E-state index in [0.29, 0.717) is 40.7 Å². The number of fused-ring (bicyclic) bond motifs is 3. The molecule has 3 saturated carbocycles. The fourth-order valence-corrected chi connectivity index (χ4v) is 8.15. The van der Waals surface area contributed by atoms with Gasteiger partial charge in [0.25, 0.3) is 5.91 Å². The van der Waals surface area contributed by atoms with Crippen LogP contribution in [0, 0.1) is 26.7 Å². The summed E-state index contributed by atoms with van der Waals surface area (Å²) in [4.78, 5) is 42.7. The van der Waals surface area contributed by atoms with Crippen LogP contribution in [0.1, 0.15) is 49.9 Å². The number of ether oxygens (including phenoxy) is 1. The molecule has 1 aromatic heterocycles. The van der Waals surface area contributed by atoms with Gasteiger partial charge in [-0.25, -0.2) is 4.79 Å². The lowest BCUT2D eigenvalue weighted by atomic mass is 9.45. The highest BCUT2D eigenvalue weighted by Crippen LogP contribution is 2.61. The van der Waals surface area contributed by atoms with Crippen LogP contribution >= 0.6 is 22.6 Å². The van der Waals surface area contributed by atoms with Crippen LogP contribution in [0.4, 0.5) is 0 Å². The Bertz CT molecular complexity index is 1680. The van der Waals surface area contributed by atoms with Crippen LogP contribution in [0.3, 0.4) is 0 Å². The zero-order valence-electron chi connectivity index (χ0n) is 25.4. The molecule has 4 aliphatic carbocycles. The van der Waals surface area contributed by atoms with Gasteiger partial charge in [0.2, 0.25) is 5.91 Å². The number of carbonyl (C=O) groups excluding carboxylic acids is 2. The molecule has 3 N–H and O–H groups in total. The van der Waals surface area contributed by atoms with Crippen molar-refractivity contribution >= 4 is 45.4 Å². The molecule has 9 nitrogen and oxygen atoms in total. The highest BCUT2D eigenvalue weighted by atomic mass is 127. The Kier molecular flexibility index (Phi) is 9.09. The Morgan fingerprint density at radius 3 is 2.62 bits per heavy atom. The zero-order valence-corrected chi connectivity index (χ0v) is 27.6. The van der Waals surface area contributed by atoms with Crippen LogP contribution in [0.2, 0.25) is 0 Å². The van der Waals surface area contributed by atoms with E-state index in [0.717, 1.165) is 22.8 Å². The predicted molar refractivity (Wildman–Crippen MR) is 178 cm³/mol. The number of rotatable bonds is 9. The third kappa shape index (κ3) is 6.16. The quantitative estimate of drug-likeness (QED) is 0.219. The molecule has 6 atom stereocenters. The second-order valence-corrected chi connectivity index (χ2v) is 14.2. The van der Waals surface area contributed by atoms with Crippen molar-refractivity contribution in [3.63, 3.8) is 0 Å². The van der Waals surface area contributed by atoms with Crippen LogP contribution in [0.25, 0.3) is 11.0 Å². The van der Waals surface area contributed by atoms with Gasteiger partial charge in [0, 0.05) is 30.5 Å². The third-order valence-corrected chi connectivity index (χ3v) is 11.2. The van der Waals surface area contributed by atoms with E-state index in [4.69, 9.17) is 9.15 Å². The summed E-state index contributed by atoms with van der Waals surface area (Å²) in [5.41, 5.74) is 0.0128. The molecular formula is C35H39IN2O7. The number of hydrogen-bond donors (Lipinski definition) is 3. The van der Waals surface area contributed by atoms with Crippen LogP contribution in [-0.4, -0.2) is 64.9 Å². The van der Waals surface area contributed by atoms with Crippen molar-refractivity contribution in [2.24, 2.45) is 23.2 Å². The number of halogens is 1. The van der Waals surface area contributed by atoms with Crippen LogP contribution in [-0.2, 0) is 4.79 Å². The topological polar surface area (TPSA) is 129 Å². The lowest BCUT2D eigenvalue weighted by Crippen LogP contribution is -2.59. The van der Waals surface area contributed by atoms with E-state index in [1.807, 2.05) is 24.3 Å². The number of aliphatic hydroxyl groups is 2. The first-order valence-corrected chi connectivity index (χ1v) is 16.7. The van der Waals surface area contributed by atoms with Gasteiger partial charge >= 0.3 is 5.63 Å². The first kappa shape index (κ1) is 31.7. The molecule has 238 valence electrons. The van der Waals surface area contributed by atoms with Gasteiger partial charge in [-0.1, -0.05) is 44.2 Å². The summed E-state index contributed by atoms with van der Waals surface area (Å²) in [6.07, 6.45) is 2.61. The minimum absolute atomic E-state index is 0.0538. The molecule has 0 aliphatic heterocycles. The number of amides is 2. The summed E-state index contributed by atoms with van der Waals surface area (Å²) in [5, 5.41) is 24.6. The Balaban J connectivity index is 1.40. The second kappa shape index (κ2) is 12.9. The van der Waals surface area contributed by atoms with Crippen molar-refractivity contribution in [2.45, 2.75) is 57.8 Å². The number of nitrogens with one attached hydrogen (secondary N) is 1. The molecular weight excluding hydrogens is 687 g/mol. The smallest absolute Gasteiger partial charge is 0.349 e. The zero-order chi connectivity index (χ0) is 31.9. The number of para-hydroxylation sites is 2. The molecule has 0 radical (unpaired) electrons. The van der Waals surface area contributed by atoms with Crippen LogP contribution < -0.4 is 15.7 Å². The summed E-state index contributed by atoms with van der Waals surface area (Å²) in [5.74, 6) is 0.823.